The molecule has 1 atom stereocenters. The number of carbonyl (C=O) groups excluding carboxylic acids is 1. The largest absolute Gasteiger partial charge is 0.478 e. The number of benzene rings is 1. The Morgan fingerprint density at radius 2 is 2.06 bits per heavy atom. The Bertz CT molecular complexity index is 618. The number of rotatable bonds is 2. The number of hydrogen-bond acceptors (Lipinski definition) is 3. The molecule has 0 radical (unpaired) electrons. The van der Waals surface area contributed by atoms with E-state index in [0.29, 0.717) is 22.2 Å². The molecule has 0 saturated carbocycles. The molecule has 16 heavy (non-hydrogen) atoms. The van der Waals surface area contributed by atoms with E-state index in [0.717, 1.165) is 0 Å². The molecule has 1 heterocycles. The molecule has 5 heteroatoms. The minimum Gasteiger partial charge on any atom is -0.478 e. The van der Waals surface area contributed by atoms with Crippen LogP contribution in [0.4, 0.5) is 0 Å². The van der Waals surface area contributed by atoms with Crippen LogP contribution in [0.1, 0.15) is 17.3 Å². The lowest BCUT2D eigenvalue weighted by molar-refractivity contribution is 0.101. The van der Waals surface area contributed by atoms with E-state index in [9.17, 15) is 9.59 Å². The minimum absolute atomic E-state index is 0.0487. The van der Waals surface area contributed by atoms with Crippen LogP contribution in [0.3, 0.4) is 0 Å². The lowest BCUT2D eigenvalue weighted by Gasteiger charge is -2.07. The number of fused-ring (bicyclic) bond motifs is 1. The fourth-order valence-electron chi connectivity index (χ4n) is 1.63. The summed E-state index contributed by atoms with van der Waals surface area (Å²) >= 11 is 0. The van der Waals surface area contributed by atoms with Crippen LogP contribution in [0.25, 0.3) is 10.9 Å². The summed E-state index contributed by atoms with van der Waals surface area (Å²) in [4.78, 5) is 25.3. The summed E-state index contributed by atoms with van der Waals surface area (Å²) in [5.41, 5.74) is 0.878. The molecule has 2 rings (SSSR count). The second-order valence-corrected chi connectivity index (χ2v) is 3.63. The molecule has 0 aliphatic heterocycles. The molecule has 0 aliphatic carbocycles. The van der Waals surface area contributed by atoms with E-state index in [-0.39, 0.29) is 11.3 Å². The van der Waals surface area contributed by atoms with Crippen molar-refractivity contribution < 1.29 is 9.32 Å². The van der Waals surface area contributed by atoms with Gasteiger partial charge in [-0.1, -0.05) is 0 Å². The van der Waals surface area contributed by atoms with Crippen molar-refractivity contribution in [2.45, 2.75) is 6.92 Å². The first kappa shape index (κ1) is 10.8. The van der Waals surface area contributed by atoms with Crippen molar-refractivity contribution in [1.82, 2.24) is 4.98 Å². The fraction of sp³-hybridized carbons (Fsp3) is 0.0909. The second-order valence-electron chi connectivity index (χ2n) is 3.40. The maximum atomic E-state index is 11.4. The first-order valence-electron chi connectivity index (χ1n) is 4.67. The topological polar surface area (TPSA) is 59.2 Å². The molecule has 0 saturated heterocycles. The van der Waals surface area contributed by atoms with Gasteiger partial charge in [-0.25, -0.2) is 0 Å². The van der Waals surface area contributed by atoms with Crippen molar-refractivity contribution >= 4 is 26.2 Å². The number of ketones is 1. The second kappa shape index (κ2) is 4.06. The van der Waals surface area contributed by atoms with Crippen molar-refractivity contribution in [3.8, 4) is 5.75 Å². The minimum atomic E-state index is -0.225. The molecule has 1 N–H and O–H groups in total. The van der Waals surface area contributed by atoms with Crippen LogP contribution in [-0.4, -0.2) is 10.8 Å². The van der Waals surface area contributed by atoms with Crippen molar-refractivity contribution in [2.75, 3.05) is 0 Å². The van der Waals surface area contributed by atoms with Crippen LogP contribution in [0, 0.1) is 0 Å². The smallest absolute Gasteiger partial charge is 0.248 e. The van der Waals surface area contributed by atoms with Crippen LogP contribution in [-0.2, 0) is 0 Å². The van der Waals surface area contributed by atoms with Gasteiger partial charge in [-0.15, -0.1) is 0 Å². The third kappa shape index (κ3) is 1.72. The van der Waals surface area contributed by atoms with Gasteiger partial charge in [0.1, 0.15) is 5.75 Å². The Morgan fingerprint density at radius 3 is 2.69 bits per heavy atom. The molecule has 1 unspecified atom stereocenters. The molecular weight excluding hydrogens is 225 g/mol. The lowest BCUT2D eigenvalue weighted by Crippen LogP contribution is -2.05. The number of Topliss-reactive ketones (excluding diaryl/α,β-unsaturated/α-hetero) is 1. The summed E-state index contributed by atoms with van der Waals surface area (Å²) in [5.74, 6) is 0.468. The highest BCUT2D eigenvalue weighted by atomic mass is 31.0. The highest BCUT2D eigenvalue weighted by Crippen LogP contribution is 2.27. The average Bonchev–Trinajstić information content (AvgIpc) is 2.27. The van der Waals surface area contributed by atoms with Gasteiger partial charge in [-0.05, 0) is 25.1 Å². The maximum Gasteiger partial charge on any atom is 0.248 e. The summed E-state index contributed by atoms with van der Waals surface area (Å²) in [6.07, 6.45) is 0. The van der Waals surface area contributed by atoms with Gasteiger partial charge < -0.3 is 9.51 Å². The van der Waals surface area contributed by atoms with Gasteiger partial charge in [0.15, 0.2) is 5.78 Å². The van der Waals surface area contributed by atoms with Gasteiger partial charge >= 0.3 is 0 Å². The van der Waals surface area contributed by atoms with Crippen LogP contribution >= 0.6 is 9.47 Å². The molecule has 4 nitrogen and oxygen atoms in total. The number of pyridine rings is 1. The van der Waals surface area contributed by atoms with Crippen LogP contribution in [0.5, 0.6) is 5.75 Å². The normalized spacial score (nSPS) is 10.4. The van der Waals surface area contributed by atoms with Gasteiger partial charge in [0.25, 0.3) is 0 Å². The van der Waals surface area contributed by atoms with Gasteiger partial charge in [0.2, 0.25) is 5.56 Å². The zero-order valence-electron chi connectivity index (χ0n) is 8.61. The van der Waals surface area contributed by atoms with Crippen LogP contribution < -0.4 is 10.1 Å². The Kier molecular flexibility index (Phi) is 2.75. The van der Waals surface area contributed by atoms with E-state index in [4.69, 9.17) is 4.52 Å². The molecule has 0 bridgehead atoms. The highest BCUT2D eigenvalue weighted by molar-refractivity contribution is 7.10. The number of nitrogens with one attached hydrogen (secondary N) is 1. The summed E-state index contributed by atoms with van der Waals surface area (Å²) < 4.78 is 5.05. The summed E-state index contributed by atoms with van der Waals surface area (Å²) in [6.45, 7) is 1.49. The van der Waals surface area contributed by atoms with E-state index >= 15 is 0 Å². The standard InChI is InChI=1S/C11H10NO3P/c1-6(13)7-2-4-9(15-16)11-8(7)3-5-10(14)12-11/h2-5H,16H2,1H3,(H,12,14). The quantitative estimate of drug-likeness (QED) is 0.638. The first-order valence-corrected chi connectivity index (χ1v) is 5.14. The van der Waals surface area contributed by atoms with Gasteiger partial charge in [-0.3, -0.25) is 9.59 Å². The molecule has 0 fully saturated rings. The lowest BCUT2D eigenvalue weighted by atomic mass is 10.1. The Hall–Kier alpha value is -1.67. The monoisotopic (exact) mass is 235 g/mol. The first-order chi connectivity index (χ1) is 7.63. The van der Waals surface area contributed by atoms with Crippen LogP contribution in [0.2, 0.25) is 0 Å². The van der Waals surface area contributed by atoms with Crippen molar-refractivity contribution in [3.63, 3.8) is 0 Å². The van der Waals surface area contributed by atoms with Crippen molar-refractivity contribution in [1.29, 1.82) is 0 Å². The van der Waals surface area contributed by atoms with E-state index in [2.05, 4.69) is 14.5 Å². The third-order valence-electron chi connectivity index (χ3n) is 2.36. The molecule has 2 aromatic rings. The predicted octanol–water partition coefficient (Wildman–Crippen LogP) is 1.90. The Balaban J connectivity index is 2.90. The molecule has 82 valence electrons. The zero-order chi connectivity index (χ0) is 11.7. The van der Waals surface area contributed by atoms with Gasteiger partial charge in [0.05, 0.1) is 15.0 Å². The summed E-state index contributed by atoms with van der Waals surface area (Å²) in [5, 5.41) is 0.687. The molecule has 0 spiro atoms. The number of H-pyrrole nitrogens is 1. The highest BCUT2D eigenvalue weighted by Gasteiger charge is 2.10. The van der Waals surface area contributed by atoms with Gasteiger partial charge in [-0.2, -0.15) is 0 Å². The molecule has 1 aromatic carbocycles. The maximum absolute atomic E-state index is 11.4. The van der Waals surface area contributed by atoms with E-state index in [1.165, 1.54) is 13.0 Å². The number of hydrogen-bond donors (Lipinski definition) is 1. The average molecular weight is 235 g/mol. The van der Waals surface area contributed by atoms with Gasteiger partial charge in [0, 0.05) is 17.0 Å². The van der Waals surface area contributed by atoms with E-state index in [1.807, 2.05) is 0 Å². The van der Waals surface area contributed by atoms with Crippen molar-refractivity contribution in [3.05, 3.63) is 40.2 Å². The summed E-state index contributed by atoms with van der Waals surface area (Å²) in [6, 6.07) is 6.35. The van der Waals surface area contributed by atoms with E-state index < -0.39 is 0 Å². The predicted molar refractivity (Wildman–Crippen MR) is 64.9 cm³/mol. The summed E-state index contributed by atoms with van der Waals surface area (Å²) in [7, 11) is 2.12. The van der Waals surface area contributed by atoms with Crippen molar-refractivity contribution in [2.24, 2.45) is 0 Å². The fourth-order valence-corrected chi connectivity index (χ4v) is 1.83. The van der Waals surface area contributed by atoms with Crippen LogP contribution in [0.15, 0.2) is 29.1 Å². The number of aromatic amines is 1. The molecule has 0 amide bonds. The molecular formula is C11H10NO3P. The molecule has 1 aromatic heterocycles. The Labute approximate surface area is 93.9 Å². The Morgan fingerprint density at radius 1 is 1.31 bits per heavy atom. The number of carbonyl (C=O) groups is 1. The third-order valence-corrected chi connectivity index (χ3v) is 2.62. The molecule has 0 aliphatic rings. The zero-order valence-corrected chi connectivity index (χ0v) is 9.77. The number of aromatic nitrogens is 1. The SMILES string of the molecule is CC(=O)c1ccc(OP)c2[nH]c(=O)ccc12. The van der Waals surface area contributed by atoms with E-state index in [1.54, 1.807) is 18.2 Å².